The zero-order valence-electron chi connectivity index (χ0n) is 22.6. The van der Waals surface area contributed by atoms with Gasteiger partial charge in [0.15, 0.2) is 5.65 Å². The second kappa shape index (κ2) is 10.4. The minimum atomic E-state index is -0.490. The van der Waals surface area contributed by atoms with Gasteiger partial charge in [-0.1, -0.05) is 13.8 Å². The van der Waals surface area contributed by atoms with E-state index in [1.54, 1.807) is 12.3 Å². The third-order valence-electron chi connectivity index (χ3n) is 7.09. The van der Waals surface area contributed by atoms with Crippen LogP contribution in [0, 0.1) is 24.1 Å². The number of fused-ring (bicyclic) bond motifs is 1. The quantitative estimate of drug-likeness (QED) is 0.413. The topological polar surface area (TPSA) is 109 Å². The van der Waals surface area contributed by atoms with Crippen LogP contribution in [0.4, 0.5) is 10.2 Å². The first-order valence-corrected chi connectivity index (χ1v) is 12.9. The Bertz CT molecular complexity index is 1680. The number of halogens is 1. The van der Waals surface area contributed by atoms with Crippen molar-refractivity contribution in [2.24, 2.45) is 0 Å². The molecule has 9 nitrogen and oxygen atoms in total. The standard InChI is InChI=1S/C29H30FN7O2/c1-16(2)24-26(17(3)8-9-33-24)37-28-22(27(35-29(37)38)36-11-10-32-15-18(36)4)12-19(14-31)25(34-28)21-7-6-20(30)13-23(21)39-5/h6-9,12-13,16,18,32H,10-11,15H2,1-5H3/t18-/m0/s1. The van der Waals surface area contributed by atoms with Crippen LogP contribution in [0.25, 0.3) is 28.0 Å². The van der Waals surface area contributed by atoms with Gasteiger partial charge in [0.25, 0.3) is 0 Å². The molecule has 0 saturated carbocycles. The number of nitriles is 1. The van der Waals surface area contributed by atoms with Crippen LogP contribution in [-0.2, 0) is 0 Å². The van der Waals surface area contributed by atoms with Crippen LogP contribution in [0.3, 0.4) is 0 Å². The van der Waals surface area contributed by atoms with Crippen LogP contribution < -0.4 is 20.6 Å². The number of nitrogens with zero attached hydrogens (tertiary/aromatic N) is 6. The molecule has 1 atom stereocenters. The van der Waals surface area contributed by atoms with E-state index >= 15 is 0 Å². The molecule has 4 aromatic rings. The summed E-state index contributed by atoms with van der Waals surface area (Å²) < 4.78 is 21.0. The van der Waals surface area contributed by atoms with Crippen LogP contribution >= 0.6 is 0 Å². The summed E-state index contributed by atoms with van der Waals surface area (Å²) in [5.74, 6) is 0.260. The Balaban J connectivity index is 1.93. The zero-order chi connectivity index (χ0) is 27.8. The van der Waals surface area contributed by atoms with E-state index in [2.05, 4.69) is 33.2 Å². The average Bonchev–Trinajstić information content (AvgIpc) is 2.92. The molecule has 10 heteroatoms. The molecule has 1 aliphatic rings. The molecule has 39 heavy (non-hydrogen) atoms. The van der Waals surface area contributed by atoms with E-state index < -0.39 is 11.5 Å². The molecule has 0 unspecified atom stereocenters. The maximum Gasteiger partial charge on any atom is 0.355 e. The summed E-state index contributed by atoms with van der Waals surface area (Å²) >= 11 is 0. The Labute approximate surface area is 225 Å². The first kappa shape index (κ1) is 26.3. The van der Waals surface area contributed by atoms with Crippen molar-refractivity contribution >= 4 is 16.9 Å². The molecule has 1 fully saturated rings. The second-order valence-electron chi connectivity index (χ2n) is 10.0. The molecular weight excluding hydrogens is 497 g/mol. The number of ether oxygens (including phenoxy) is 1. The molecule has 4 heterocycles. The predicted molar refractivity (Wildman–Crippen MR) is 148 cm³/mol. The normalized spacial score (nSPS) is 15.5. The number of piperazine rings is 1. The molecule has 0 amide bonds. The van der Waals surface area contributed by atoms with Crippen molar-refractivity contribution in [3.63, 3.8) is 0 Å². The lowest BCUT2D eigenvalue weighted by atomic mass is 10.0. The first-order chi connectivity index (χ1) is 18.7. The molecule has 1 N–H and O–H groups in total. The molecule has 1 aliphatic heterocycles. The molecule has 1 aromatic carbocycles. The lowest BCUT2D eigenvalue weighted by molar-refractivity contribution is 0.413. The highest BCUT2D eigenvalue weighted by Gasteiger charge is 2.27. The summed E-state index contributed by atoms with van der Waals surface area (Å²) in [7, 11) is 1.43. The number of rotatable bonds is 5. The van der Waals surface area contributed by atoms with Crippen molar-refractivity contribution < 1.29 is 9.13 Å². The van der Waals surface area contributed by atoms with Gasteiger partial charge in [0, 0.05) is 43.5 Å². The van der Waals surface area contributed by atoms with Crippen LogP contribution in [0.5, 0.6) is 5.75 Å². The van der Waals surface area contributed by atoms with Gasteiger partial charge in [-0.25, -0.2) is 18.7 Å². The largest absolute Gasteiger partial charge is 0.496 e. The Morgan fingerprint density at radius 2 is 2.03 bits per heavy atom. The highest BCUT2D eigenvalue weighted by molar-refractivity contribution is 5.92. The number of hydrogen-bond acceptors (Lipinski definition) is 8. The zero-order valence-corrected chi connectivity index (χ0v) is 22.6. The number of aryl methyl sites for hydroxylation is 1. The van der Waals surface area contributed by atoms with Crippen LogP contribution in [0.1, 0.15) is 43.5 Å². The fourth-order valence-electron chi connectivity index (χ4n) is 5.14. The average molecular weight is 528 g/mol. The molecule has 0 aliphatic carbocycles. The highest BCUT2D eigenvalue weighted by atomic mass is 19.1. The number of benzene rings is 1. The molecule has 0 bridgehead atoms. The third kappa shape index (κ3) is 4.59. The molecule has 3 aromatic heterocycles. The van der Waals surface area contributed by atoms with Gasteiger partial charge in [0.1, 0.15) is 23.5 Å². The van der Waals surface area contributed by atoms with Crippen molar-refractivity contribution in [3.8, 4) is 28.8 Å². The lowest BCUT2D eigenvalue weighted by Gasteiger charge is -2.35. The lowest BCUT2D eigenvalue weighted by Crippen LogP contribution is -2.50. The fraction of sp³-hybridized carbons (Fsp3) is 0.345. The molecule has 200 valence electrons. The predicted octanol–water partition coefficient (Wildman–Crippen LogP) is 4.09. The minimum absolute atomic E-state index is 0.0183. The second-order valence-corrected chi connectivity index (χ2v) is 10.0. The van der Waals surface area contributed by atoms with Crippen molar-refractivity contribution in [3.05, 3.63) is 69.7 Å². The van der Waals surface area contributed by atoms with Gasteiger partial charge in [-0.3, -0.25) is 4.98 Å². The molecule has 1 saturated heterocycles. The molecule has 0 spiro atoms. The number of hydrogen-bond donors (Lipinski definition) is 1. The van der Waals surface area contributed by atoms with Crippen molar-refractivity contribution in [1.82, 2.24) is 24.8 Å². The summed E-state index contributed by atoms with van der Waals surface area (Å²) in [5.41, 5.74) is 3.03. The van der Waals surface area contributed by atoms with Crippen molar-refractivity contribution in [2.75, 3.05) is 31.6 Å². The molecule has 5 rings (SSSR count). The van der Waals surface area contributed by atoms with E-state index in [0.29, 0.717) is 34.6 Å². The first-order valence-electron chi connectivity index (χ1n) is 12.9. The van der Waals surface area contributed by atoms with Crippen molar-refractivity contribution in [2.45, 2.75) is 39.7 Å². The fourth-order valence-corrected chi connectivity index (χ4v) is 5.14. The number of nitrogens with one attached hydrogen (secondary N) is 1. The summed E-state index contributed by atoms with van der Waals surface area (Å²) in [4.78, 5) is 30.1. The van der Waals surface area contributed by atoms with E-state index in [1.807, 2.05) is 26.8 Å². The van der Waals surface area contributed by atoms with Gasteiger partial charge in [-0.15, -0.1) is 0 Å². The number of pyridine rings is 2. The summed E-state index contributed by atoms with van der Waals surface area (Å²) in [5, 5.41) is 14.1. The van der Waals surface area contributed by atoms with Crippen LogP contribution in [0.15, 0.2) is 41.3 Å². The van der Waals surface area contributed by atoms with Gasteiger partial charge in [0.2, 0.25) is 0 Å². The Hall–Kier alpha value is -4.36. The van der Waals surface area contributed by atoms with Gasteiger partial charge >= 0.3 is 5.69 Å². The third-order valence-corrected chi connectivity index (χ3v) is 7.09. The van der Waals surface area contributed by atoms with E-state index in [9.17, 15) is 14.4 Å². The van der Waals surface area contributed by atoms with E-state index in [0.717, 1.165) is 24.3 Å². The van der Waals surface area contributed by atoms with Crippen molar-refractivity contribution in [1.29, 1.82) is 5.26 Å². The van der Waals surface area contributed by atoms with E-state index in [1.165, 1.54) is 29.9 Å². The van der Waals surface area contributed by atoms with E-state index in [4.69, 9.17) is 9.72 Å². The smallest absolute Gasteiger partial charge is 0.355 e. The number of aromatic nitrogens is 4. The van der Waals surface area contributed by atoms with Gasteiger partial charge in [-0.05, 0) is 49.6 Å². The highest BCUT2D eigenvalue weighted by Crippen LogP contribution is 2.36. The monoisotopic (exact) mass is 527 g/mol. The minimum Gasteiger partial charge on any atom is -0.496 e. The molecule has 0 radical (unpaired) electrons. The maximum atomic E-state index is 14.0. The van der Waals surface area contributed by atoms with Gasteiger partial charge < -0.3 is 15.0 Å². The van der Waals surface area contributed by atoms with Gasteiger partial charge in [0.05, 0.1) is 35.1 Å². The number of anilines is 1. The summed E-state index contributed by atoms with van der Waals surface area (Å²) in [6, 6.07) is 9.94. The Morgan fingerprint density at radius 3 is 2.72 bits per heavy atom. The van der Waals surface area contributed by atoms with Crippen LogP contribution in [-0.4, -0.2) is 52.3 Å². The maximum absolute atomic E-state index is 14.0. The molecular formula is C29H30FN7O2. The van der Waals surface area contributed by atoms with Gasteiger partial charge in [-0.2, -0.15) is 10.2 Å². The summed E-state index contributed by atoms with van der Waals surface area (Å²) in [6.07, 6.45) is 1.72. The van der Waals surface area contributed by atoms with Crippen LogP contribution in [0.2, 0.25) is 0 Å². The van der Waals surface area contributed by atoms with E-state index in [-0.39, 0.29) is 29.0 Å². The summed E-state index contributed by atoms with van der Waals surface area (Å²) in [6.45, 7) is 10.1. The number of methoxy groups -OCH3 is 1. The Morgan fingerprint density at radius 1 is 1.23 bits per heavy atom. The Kier molecular flexibility index (Phi) is 7.02. The SMILES string of the molecule is COc1cc(F)ccc1-c1nc2c(cc1C#N)c(N1CCNC[C@@H]1C)nc(=O)n2-c1c(C)ccnc1C(C)C.